The number of ketones is 1. The third-order valence-corrected chi connectivity index (χ3v) is 5.95. The number of hydrogen-bond acceptors (Lipinski definition) is 6. The lowest BCUT2D eigenvalue weighted by atomic mass is 9.95. The van der Waals surface area contributed by atoms with Gasteiger partial charge in [-0.15, -0.1) is 0 Å². The van der Waals surface area contributed by atoms with Crippen LogP contribution in [0.25, 0.3) is 0 Å². The second kappa shape index (κ2) is 9.82. The number of nitriles is 1. The van der Waals surface area contributed by atoms with Crippen molar-refractivity contribution in [3.63, 3.8) is 0 Å². The lowest BCUT2D eigenvalue weighted by molar-refractivity contribution is -0.118. The monoisotopic (exact) mass is 419 g/mol. The fraction of sp³-hybridized carbons (Fsp3) is 0.480. The van der Waals surface area contributed by atoms with Crippen molar-refractivity contribution < 1.29 is 14.3 Å². The summed E-state index contributed by atoms with van der Waals surface area (Å²) < 4.78 is 12.0. The van der Waals surface area contributed by atoms with Crippen LogP contribution >= 0.6 is 0 Å². The van der Waals surface area contributed by atoms with Crippen LogP contribution in [0.1, 0.15) is 50.5 Å². The Bertz CT molecular complexity index is 934. The normalized spacial score (nSPS) is 19.0. The zero-order valence-corrected chi connectivity index (χ0v) is 18.0. The number of carbonyl (C=O) groups excluding carboxylic acids is 1. The van der Waals surface area contributed by atoms with Crippen LogP contribution in [0, 0.1) is 17.2 Å². The fourth-order valence-corrected chi connectivity index (χ4v) is 3.91. The maximum Gasteiger partial charge on any atom is 0.215 e. The Morgan fingerprint density at radius 2 is 2.06 bits per heavy atom. The minimum Gasteiger partial charge on any atom is -0.489 e. The summed E-state index contributed by atoms with van der Waals surface area (Å²) in [7, 11) is 0. The van der Waals surface area contributed by atoms with E-state index in [-0.39, 0.29) is 24.2 Å². The average Bonchev–Trinajstić information content (AvgIpc) is 3.49. The van der Waals surface area contributed by atoms with Gasteiger partial charge in [0, 0.05) is 37.3 Å². The van der Waals surface area contributed by atoms with Gasteiger partial charge >= 0.3 is 0 Å². The number of anilines is 1. The second-order valence-corrected chi connectivity index (χ2v) is 8.63. The van der Waals surface area contributed by atoms with Crippen LogP contribution in [0.4, 0.5) is 5.69 Å². The molecule has 2 aromatic rings. The minimum absolute atomic E-state index is 0.0152. The molecule has 162 valence electrons. The van der Waals surface area contributed by atoms with Crippen LogP contribution in [0.15, 0.2) is 42.6 Å². The van der Waals surface area contributed by atoms with Crippen molar-refractivity contribution in [1.29, 1.82) is 5.26 Å². The van der Waals surface area contributed by atoms with Crippen LogP contribution in [0.3, 0.4) is 0 Å². The van der Waals surface area contributed by atoms with Crippen molar-refractivity contribution in [2.75, 3.05) is 24.6 Å². The smallest absolute Gasteiger partial charge is 0.215 e. The van der Waals surface area contributed by atoms with E-state index in [0.29, 0.717) is 18.2 Å². The SMILES string of the molecule is C[C@H](CC(=O)CC#N)c1ccc(OC2CCN(c3ccnc(OCC4CC4)c3)C2)cc1. The highest BCUT2D eigenvalue weighted by Crippen LogP contribution is 2.30. The molecule has 1 aromatic heterocycles. The zero-order valence-electron chi connectivity index (χ0n) is 18.0. The molecule has 0 amide bonds. The van der Waals surface area contributed by atoms with Gasteiger partial charge in [-0.1, -0.05) is 19.1 Å². The maximum absolute atomic E-state index is 11.7. The Morgan fingerprint density at radius 1 is 1.26 bits per heavy atom. The average molecular weight is 420 g/mol. The van der Waals surface area contributed by atoms with E-state index >= 15 is 0 Å². The van der Waals surface area contributed by atoms with Crippen LogP contribution in [0.5, 0.6) is 11.6 Å². The molecule has 6 nitrogen and oxygen atoms in total. The summed E-state index contributed by atoms with van der Waals surface area (Å²) in [5.41, 5.74) is 2.21. The van der Waals surface area contributed by atoms with E-state index in [1.807, 2.05) is 55.6 Å². The molecule has 0 spiro atoms. The molecule has 1 unspecified atom stereocenters. The molecule has 1 aliphatic carbocycles. The first-order valence-corrected chi connectivity index (χ1v) is 11.1. The molecule has 31 heavy (non-hydrogen) atoms. The van der Waals surface area contributed by atoms with Gasteiger partial charge in [-0.25, -0.2) is 4.98 Å². The van der Waals surface area contributed by atoms with Crippen molar-refractivity contribution in [3.8, 4) is 17.7 Å². The van der Waals surface area contributed by atoms with E-state index in [0.717, 1.165) is 43.1 Å². The Kier molecular flexibility index (Phi) is 6.71. The van der Waals surface area contributed by atoms with Gasteiger partial charge in [0.15, 0.2) is 0 Å². The summed E-state index contributed by atoms with van der Waals surface area (Å²) in [6.45, 7) is 4.54. The van der Waals surface area contributed by atoms with Crippen molar-refractivity contribution in [2.24, 2.45) is 5.92 Å². The van der Waals surface area contributed by atoms with Gasteiger partial charge in [0.1, 0.15) is 17.6 Å². The highest BCUT2D eigenvalue weighted by molar-refractivity contribution is 5.81. The van der Waals surface area contributed by atoms with Crippen molar-refractivity contribution >= 4 is 11.5 Å². The van der Waals surface area contributed by atoms with Crippen LogP contribution < -0.4 is 14.4 Å². The third-order valence-electron chi connectivity index (χ3n) is 5.95. The molecule has 2 fully saturated rings. The molecule has 2 aliphatic rings. The summed E-state index contributed by atoms with van der Waals surface area (Å²) in [4.78, 5) is 18.3. The molecular weight excluding hydrogens is 390 g/mol. The number of nitrogens with zero attached hydrogens (tertiary/aromatic N) is 3. The molecule has 6 heteroatoms. The molecule has 1 aliphatic heterocycles. The first-order chi connectivity index (χ1) is 15.1. The summed E-state index contributed by atoms with van der Waals surface area (Å²) >= 11 is 0. The summed E-state index contributed by atoms with van der Waals surface area (Å²) in [6.07, 6.45) is 5.81. The first-order valence-electron chi connectivity index (χ1n) is 11.1. The number of Topliss-reactive ketones (excluding diaryl/α,β-unsaturated/α-hetero) is 1. The second-order valence-electron chi connectivity index (χ2n) is 8.63. The maximum atomic E-state index is 11.7. The molecule has 1 aromatic carbocycles. The van der Waals surface area contributed by atoms with Gasteiger partial charge in [0.2, 0.25) is 5.88 Å². The molecule has 1 saturated heterocycles. The quantitative estimate of drug-likeness (QED) is 0.564. The van der Waals surface area contributed by atoms with Gasteiger partial charge in [-0.05, 0) is 48.4 Å². The predicted molar refractivity (Wildman–Crippen MR) is 118 cm³/mol. The number of carbonyl (C=O) groups is 1. The topological polar surface area (TPSA) is 75.5 Å². The lowest BCUT2D eigenvalue weighted by Gasteiger charge is -2.20. The number of ether oxygens (including phenoxy) is 2. The number of rotatable bonds is 10. The van der Waals surface area contributed by atoms with Crippen LogP contribution in [-0.2, 0) is 4.79 Å². The Balaban J connectivity index is 1.28. The Morgan fingerprint density at radius 3 is 2.81 bits per heavy atom. The fourth-order valence-electron chi connectivity index (χ4n) is 3.91. The number of benzene rings is 1. The molecule has 0 N–H and O–H groups in total. The van der Waals surface area contributed by atoms with Crippen molar-refractivity contribution in [2.45, 2.75) is 51.0 Å². The lowest BCUT2D eigenvalue weighted by Crippen LogP contribution is -2.24. The van der Waals surface area contributed by atoms with Gasteiger partial charge in [-0.2, -0.15) is 5.26 Å². The highest BCUT2D eigenvalue weighted by atomic mass is 16.5. The van der Waals surface area contributed by atoms with E-state index in [4.69, 9.17) is 14.7 Å². The minimum atomic E-state index is -0.0185. The van der Waals surface area contributed by atoms with Crippen molar-refractivity contribution in [1.82, 2.24) is 4.98 Å². The molecule has 0 radical (unpaired) electrons. The van der Waals surface area contributed by atoms with E-state index in [1.165, 1.54) is 12.8 Å². The van der Waals surface area contributed by atoms with E-state index in [9.17, 15) is 4.79 Å². The zero-order chi connectivity index (χ0) is 21.6. The summed E-state index contributed by atoms with van der Waals surface area (Å²) in [5.74, 6) is 2.34. The molecule has 2 heterocycles. The van der Waals surface area contributed by atoms with Gasteiger partial charge in [-0.3, -0.25) is 4.79 Å². The van der Waals surface area contributed by atoms with Crippen LogP contribution in [-0.4, -0.2) is 36.6 Å². The summed E-state index contributed by atoms with van der Waals surface area (Å²) in [5, 5.41) is 8.64. The third kappa shape index (κ3) is 5.97. The largest absolute Gasteiger partial charge is 0.489 e. The van der Waals surface area contributed by atoms with E-state index in [2.05, 4.69) is 9.88 Å². The highest BCUT2D eigenvalue weighted by Gasteiger charge is 2.25. The van der Waals surface area contributed by atoms with Gasteiger partial charge in [0.05, 0.1) is 25.6 Å². The standard InChI is InChI=1S/C25H29N3O3/c1-18(14-22(29)8-11-26)20-4-6-23(7-5-20)31-24-10-13-28(16-24)21-9-12-27-25(15-21)30-17-19-2-3-19/h4-7,9,12,15,18-19,24H,2-3,8,10,13-14,16-17H2,1H3/t18-,24?/m1/s1. The number of hydrogen-bond donors (Lipinski definition) is 0. The first kappa shape index (κ1) is 21.2. The summed E-state index contributed by atoms with van der Waals surface area (Å²) in [6, 6.07) is 13.9. The van der Waals surface area contributed by atoms with E-state index in [1.54, 1.807) is 0 Å². The van der Waals surface area contributed by atoms with Crippen molar-refractivity contribution in [3.05, 3.63) is 48.2 Å². The number of aromatic nitrogens is 1. The molecule has 4 rings (SSSR count). The molecule has 1 saturated carbocycles. The van der Waals surface area contributed by atoms with Gasteiger partial charge < -0.3 is 14.4 Å². The molecular formula is C25H29N3O3. The Labute approximate surface area is 183 Å². The number of pyridine rings is 1. The molecule has 0 bridgehead atoms. The van der Waals surface area contributed by atoms with Crippen LogP contribution in [0.2, 0.25) is 0 Å². The van der Waals surface area contributed by atoms with E-state index < -0.39 is 0 Å². The van der Waals surface area contributed by atoms with Gasteiger partial charge in [0.25, 0.3) is 0 Å². The Hall–Kier alpha value is -3.07. The predicted octanol–water partition coefficient (Wildman–Crippen LogP) is 4.50. The molecule has 2 atom stereocenters.